The number of aliphatic hydroxyl groups is 1. The Labute approximate surface area is 101 Å². The Morgan fingerprint density at radius 1 is 1.12 bits per heavy atom. The quantitative estimate of drug-likeness (QED) is 0.596. The molecule has 98 valence electrons. The lowest BCUT2D eigenvalue weighted by atomic mass is 10.2. The molecule has 2 atom stereocenters. The number of nitrogens with one attached hydrogen (secondary N) is 1. The van der Waals surface area contributed by atoms with Crippen LogP contribution in [0.2, 0.25) is 0 Å². The van der Waals surface area contributed by atoms with E-state index in [0.717, 1.165) is 19.6 Å². The van der Waals surface area contributed by atoms with Crippen molar-refractivity contribution >= 4 is 0 Å². The first-order chi connectivity index (χ1) is 7.49. The van der Waals surface area contributed by atoms with Crippen molar-refractivity contribution in [1.82, 2.24) is 15.1 Å². The molecule has 0 saturated heterocycles. The first-order valence-electron chi connectivity index (χ1n) is 6.28. The molecule has 0 bridgehead atoms. The minimum Gasteiger partial charge on any atom is -0.390 e. The van der Waals surface area contributed by atoms with Crippen LogP contribution < -0.4 is 5.32 Å². The van der Waals surface area contributed by atoms with E-state index < -0.39 is 0 Å². The van der Waals surface area contributed by atoms with Crippen molar-refractivity contribution in [3.8, 4) is 0 Å². The second-order valence-electron chi connectivity index (χ2n) is 4.71. The summed E-state index contributed by atoms with van der Waals surface area (Å²) in [5.41, 5.74) is 0. The van der Waals surface area contributed by atoms with Gasteiger partial charge in [0.2, 0.25) is 0 Å². The SMILES string of the molecule is CCN(CC)CC(C)NCC(O)CN(C)C. The van der Waals surface area contributed by atoms with Crippen LogP contribution in [-0.4, -0.2) is 73.9 Å². The maximum Gasteiger partial charge on any atom is 0.0791 e. The van der Waals surface area contributed by atoms with E-state index in [0.29, 0.717) is 19.1 Å². The minimum atomic E-state index is -0.283. The zero-order valence-corrected chi connectivity index (χ0v) is 11.5. The number of hydrogen-bond acceptors (Lipinski definition) is 4. The highest BCUT2D eigenvalue weighted by molar-refractivity contribution is 4.70. The van der Waals surface area contributed by atoms with Crippen LogP contribution in [0, 0.1) is 0 Å². The zero-order valence-electron chi connectivity index (χ0n) is 11.5. The molecule has 4 nitrogen and oxygen atoms in total. The Morgan fingerprint density at radius 2 is 1.69 bits per heavy atom. The Morgan fingerprint density at radius 3 is 2.12 bits per heavy atom. The van der Waals surface area contributed by atoms with Gasteiger partial charge in [-0.25, -0.2) is 0 Å². The molecule has 0 saturated carbocycles. The van der Waals surface area contributed by atoms with E-state index in [9.17, 15) is 5.11 Å². The monoisotopic (exact) mass is 231 g/mol. The van der Waals surface area contributed by atoms with Crippen molar-refractivity contribution < 1.29 is 5.11 Å². The molecule has 0 aromatic heterocycles. The summed E-state index contributed by atoms with van der Waals surface area (Å²) in [6.45, 7) is 11.1. The second-order valence-corrected chi connectivity index (χ2v) is 4.71. The summed E-state index contributed by atoms with van der Waals surface area (Å²) in [5, 5.41) is 13.1. The van der Waals surface area contributed by atoms with Gasteiger partial charge in [0.05, 0.1) is 6.10 Å². The molecule has 16 heavy (non-hydrogen) atoms. The normalized spacial score (nSPS) is 15.8. The average Bonchev–Trinajstić information content (AvgIpc) is 2.22. The number of aliphatic hydroxyl groups excluding tert-OH is 1. The van der Waals surface area contributed by atoms with E-state index in [1.54, 1.807) is 0 Å². The van der Waals surface area contributed by atoms with Gasteiger partial charge in [-0.2, -0.15) is 0 Å². The molecular weight excluding hydrogens is 202 g/mol. The molecule has 0 spiro atoms. The van der Waals surface area contributed by atoms with Gasteiger partial charge < -0.3 is 20.2 Å². The third kappa shape index (κ3) is 8.05. The topological polar surface area (TPSA) is 38.7 Å². The van der Waals surface area contributed by atoms with E-state index in [4.69, 9.17) is 0 Å². The van der Waals surface area contributed by atoms with E-state index in [2.05, 4.69) is 31.0 Å². The van der Waals surface area contributed by atoms with E-state index >= 15 is 0 Å². The lowest BCUT2D eigenvalue weighted by Crippen LogP contribution is -2.43. The van der Waals surface area contributed by atoms with Crippen LogP contribution in [-0.2, 0) is 0 Å². The first kappa shape index (κ1) is 15.8. The van der Waals surface area contributed by atoms with Crippen LogP contribution in [0.5, 0.6) is 0 Å². The van der Waals surface area contributed by atoms with Crippen LogP contribution in [0.3, 0.4) is 0 Å². The standard InChI is InChI=1S/C12H29N3O/c1-6-15(7-2)9-11(3)13-8-12(16)10-14(4)5/h11-13,16H,6-10H2,1-5H3. The molecule has 2 N–H and O–H groups in total. The predicted octanol–water partition coefficient (Wildman–Crippen LogP) is 0.229. The van der Waals surface area contributed by atoms with Crippen LogP contribution in [0.4, 0.5) is 0 Å². The highest BCUT2D eigenvalue weighted by Crippen LogP contribution is 1.92. The molecule has 0 aromatic carbocycles. The van der Waals surface area contributed by atoms with E-state index in [-0.39, 0.29) is 6.10 Å². The molecular formula is C12H29N3O. The molecule has 0 amide bonds. The maximum atomic E-state index is 9.70. The molecule has 0 aliphatic rings. The highest BCUT2D eigenvalue weighted by atomic mass is 16.3. The summed E-state index contributed by atoms with van der Waals surface area (Å²) in [6, 6.07) is 0.428. The van der Waals surface area contributed by atoms with Gasteiger partial charge >= 0.3 is 0 Å². The van der Waals surface area contributed by atoms with E-state index in [1.165, 1.54) is 0 Å². The number of likely N-dealkylation sites (N-methyl/N-ethyl adjacent to an activating group) is 2. The molecule has 0 aromatic rings. The third-order valence-corrected chi connectivity index (χ3v) is 2.70. The molecule has 0 aliphatic carbocycles. The summed E-state index contributed by atoms with van der Waals surface area (Å²) in [4.78, 5) is 4.39. The van der Waals surface area contributed by atoms with Crippen molar-refractivity contribution in [2.24, 2.45) is 0 Å². The summed E-state index contributed by atoms with van der Waals surface area (Å²) in [6.07, 6.45) is -0.283. The largest absolute Gasteiger partial charge is 0.390 e. The average molecular weight is 231 g/mol. The predicted molar refractivity (Wildman–Crippen MR) is 69.8 cm³/mol. The minimum absolute atomic E-state index is 0.283. The molecule has 0 heterocycles. The van der Waals surface area contributed by atoms with Crippen LogP contribution in [0.15, 0.2) is 0 Å². The lowest BCUT2D eigenvalue weighted by Gasteiger charge is -2.25. The maximum absolute atomic E-state index is 9.70. The molecule has 0 radical (unpaired) electrons. The summed E-state index contributed by atoms with van der Waals surface area (Å²) in [5.74, 6) is 0. The fraction of sp³-hybridized carbons (Fsp3) is 1.00. The number of nitrogens with zero attached hydrogens (tertiary/aromatic N) is 2. The fourth-order valence-electron chi connectivity index (χ4n) is 1.76. The van der Waals surface area contributed by atoms with Gasteiger partial charge in [-0.15, -0.1) is 0 Å². The van der Waals surface area contributed by atoms with Gasteiger partial charge in [-0.05, 0) is 34.1 Å². The highest BCUT2D eigenvalue weighted by Gasteiger charge is 2.09. The van der Waals surface area contributed by atoms with Crippen molar-refractivity contribution in [2.45, 2.75) is 32.9 Å². The zero-order chi connectivity index (χ0) is 12.6. The summed E-state index contributed by atoms with van der Waals surface area (Å²) < 4.78 is 0. The molecule has 0 fully saturated rings. The molecule has 0 aliphatic heterocycles. The Hall–Kier alpha value is -0.160. The van der Waals surface area contributed by atoms with Gasteiger partial charge in [0.15, 0.2) is 0 Å². The lowest BCUT2D eigenvalue weighted by molar-refractivity contribution is 0.129. The van der Waals surface area contributed by atoms with Crippen molar-refractivity contribution in [2.75, 3.05) is 46.8 Å². The van der Waals surface area contributed by atoms with Crippen molar-refractivity contribution in [3.05, 3.63) is 0 Å². The number of rotatable bonds is 9. The van der Waals surface area contributed by atoms with Gasteiger partial charge in [-0.1, -0.05) is 13.8 Å². The Bertz CT molecular complexity index is 160. The molecule has 4 heteroatoms. The van der Waals surface area contributed by atoms with Crippen LogP contribution in [0.25, 0.3) is 0 Å². The van der Waals surface area contributed by atoms with Crippen molar-refractivity contribution in [3.63, 3.8) is 0 Å². The van der Waals surface area contributed by atoms with E-state index in [1.807, 2.05) is 19.0 Å². The van der Waals surface area contributed by atoms with Gasteiger partial charge in [-0.3, -0.25) is 0 Å². The Kier molecular flexibility index (Phi) is 8.84. The fourth-order valence-corrected chi connectivity index (χ4v) is 1.76. The second kappa shape index (κ2) is 8.93. The third-order valence-electron chi connectivity index (χ3n) is 2.70. The Balaban J connectivity index is 3.67. The summed E-state index contributed by atoms with van der Waals surface area (Å²) >= 11 is 0. The first-order valence-corrected chi connectivity index (χ1v) is 6.28. The summed E-state index contributed by atoms with van der Waals surface area (Å²) in [7, 11) is 3.95. The smallest absolute Gasteiger partial charge is 0.0791 e. The van der Waals surface area contributed by atoms with Gasteiger partial charge in [0.1, 0.15) is 0 Å². The van der Waals surface area contributed by atoms with Gasteiger partial charge in [0, 0.05) is 25.7 Å². The number of hydrogen-bond donors (Lipinski definition) is 2. The molecule has 0 rings (SSSR count). The van der Waals surface area contributed by atoms with Crippen molar-refractivity contribution in [1.29, 1.82) is 0 Å². The molecule has 2 unspecified atom stereocenters. The van der Waals surface area contributed by atoms with Crippen LogP contribution >= 0.6 is 0 Å². The van der Waals surface area contributed by atoms with Gasteiger partial charge in [0.25, 0.3) is 0 Å². The van der Waals surface area contributed by atoms with Crippen LogP contribution in [0.1, 0.15) is 20.8 Å².